The molecule has 1 rings (SSSR count). The summed E-state index contributed by atoms with van der Waals surface area (Å²) < 4.78 is 0.878. The standard InChI is InChI=1S/C14H21BrN2O/c1-9(14(2,3)4)17(5)13(18)11-7-6-10(15)8-12(11)16/h6-9H,16H2,1-5H3. The van der Waals surface area contributed by atoms with Gasteiger partial charge in [0, 0.05) is 23.2 Å². The van der Waals surface area contributed by atoms with E-state index < -0.39 is 0 Å². The van der Waals surface area contributed by atoms with E-state index in [1.165, 1.54) is 0 Å². The lowest BCUT2D eigenvalue weighted by Crippen LogP contribution is -2.43. The van der Waals surface area contributed by atoms with Gasteiger partial charge >= 0.3 is 0 Å². The Morgan fingerprint density at radius 1 is 1.39 bits per heavy atom. The number of hydrogen-bond acceptors (Lipinski definition) is 2. The highest BCUT2D eigenvalue weighted by Crippen LogP contribution is 2.26. The number of anilines is 1. The maximum absolute atomic E-state index is 12.4. The lowest BCUT2D eigenvalue weighted by molar-refractivity contribution is 0.0630. The van der Waals surface area contributed by atoms with Gasteiger partial charge in [-0.1, -0.05) is 36.7 Å². The number of amides is 1. The summed E-state index contributed by atoms with van der Waals surface area (Å²) in [5, 5.41) is 0. The first-order chi connectivity index (χ1) is 8.14. The van der Waals surface area contributed by atoms with Crippen molar-refractivity contribution in [2.24, 2.45) is 5.41 Å². The molecule has 3 nitrogen and oxygen atoms in total. The van der Waals surface area contributed by atoms with Crippen LogP contribution in [0.15, 0.2) is 22.7 Å². The maximum atomic E-state index is 12.4. The Morgan fingerprint density at radius 2 is 1.94 bits per heavy atom. The van der Waals surface area contributed by atoms with Gasteiger partial charge in [0.2, 0.25) is 0 Å². The first kappa shape index (κ1) is 15.0. The molecular formula is C14H21BrN2O. The van der Waals surface area contributed by atoms with Crippen molar-refractivity contribution in [2.75, 3.05) is 12.8 Å². The molecule has 0 bridgehead atoms. The molecule has 0 saturated heterocycles. The fourth-order valence-electron chi connectivity index (χ4n) is 1.68. The summed E-state index contributed by atoms with van der Waals surface area (Å²) >= 11 is 3.34. The van der Waals surface area contributed by atoms with Gasteiger partial charge in [-0.25, -0.2) is 0 Å². The van der Waals surface area contributed by atoms with Crippen molar-refractivity contribution in [3.05, 3.63) is 28.2 Å². The summed E-state index contributed by atoms with van der Waals surface area (Å²) in [7, 11) is 1.82. The van der Waals surface area contributed by atoms with Crippen LogP contribution in [0.25, 0.3) is 0 Å². The summed E-state index contributed by atoms with van der Waals surface area (Å²) in [4.78, 5) is 14.1. The van der Waals surface area contributed by atoms with Gasteiger partial charge in [-0.05, 0) is 30.5 Å². The first-order valence-corrected chi connectivity index (χ1v) is 6.76. The van der Waals surface area contributed by atoms with Gasteiger partial charge in [-0.15, -0.1) is 0 Å². The number of hydrogen-bond donors (Lipinski definition) is 1. The van der Waals surface area contributed by atoms with Crippen molar-refractivity contribution >= 4 is 27.5 Å². The second kappa shape index (κ2) is 5.31. The van der Waals surface area contributed by atoms with E-state index in [1.54, 1.807) is 17.0 Å². The Morgan fingerprint density at radius 3 is 2.39 bits per heavy atom. The molecule has 1 aromatic carbocycles. The summed E-state index contributed by atoms with van der Waals surface area (Å²) in [6.45, 7) is 8.40. The Bertz CT molecular complexity index is 452. The van der Waals surface area contributed by atoms with Crippen molar-refractivity contribution in [1.82, 2.24) is 4.90 Å². The molecule has 2 N–H and O–H groups in total. The number of rotatable bonds is 2. The van der Waals surface area contributed by atoms with Crippen LogP contribution in [0.5, 0.6) is 0 Å². The largest absolute Gasteiger partial charge is 0.398 e. The number of nitrogens with two attached hydrogens (primary N) is 1. The molecule has 1 amide bonds. The fraction of sp³-hybridized carbons (Fsp3) is 0.500. The van der Waals surface area contributed by atoms with Gasteiger partial charge in [-0.3, -0.25) is 4.79 Å². The van der Waals surface area contributed by atoms with Crippen LogP contribution >= 0.6 is 15.9 Å². The zero-order valence-corrected chi connectivity index (χ0v) is 13.2. The van der Waals surface area contributed by atoms with E-state index in [4.69, 9.17) is 5.73 Å². The predicted molar refractivity (Wildman–Crippen MR) is 79.6 cm³/mol. The van der Waals surface area contributed by atoms with Gasteiger partial charge < -0.3 is 10.6 Å². The molecule has 0 aliphatic carbocycles. The van der Waals surface area contributed by atoms with Crippen LogP contribution in [0, 0.1) is 5.41 Å². The molecule has 0 aliphatic rings. The second-order valence-corrected chi connectivity index (χ2v) is 6.61. The highest BCUT2D eigenvalue weighted by Gasteiger charge is 2.28. The molecule has 0 aliphatic heterocycles. The normalized spacial score (nSPS) is 13.2. The average Bonchev–Trinajstić information content (AvgIpc) is 2.25. The number of carbonyl (C=O) groups is 1. The number of benzene rings is 1. The van der Waals surface area contributed by atoms with Gasteiger partial charge in [0.15, 0.2) is 0 Å². The number of halogens is 1. The minimum Gasteiger partial charge on any atom is -0.398 e. The second-order valence-electron chi connectivity index (χ2n) is 5.69. The molecular weight excluding hydrogens is 292 g/mol. The van der Waals surface area contributed by atoms with Crippen LogP contribution < -0.4 is 5.73 Å². The van der Waals surface area contributed by atoms with E-state index in [-0.39, 0.29) is 17.4 Å². The molecule has 0 radical (unpaired) electrons. The molecule has 0 saturated carbocycles. The third kappa shape index (κ3) is 3.25. The minimum absolute atomic E-state index is 0.0362. The summed E-state index contributed by atoms with van der Waals surface area (Å²) in [5.41, 5.74) is 6.98. The molecule has 100 valence electrons. The highest BCUT2D eigenvalue weighted by molar-refractivity contribution is 9.10. The lowest BCUT2D eigenvalue weighted by Gasteiger charge is -2.35. The number of nitrogens with zero attached hydrogens (tertiary/aromatic N) is 1. The van der Waals surface area contributed by atoms with E-state index in [2.05, 4.69) is 36.7 Å². The first-order valence-electron chi connectivity index (χ1n) is 5.96. The van der Waals surface area contributed by atoms with Crippen molar-refractivity contribution in [3.8, 4) is 0 Å². The summed E-state index contributed by atoms with van der Waals surface area (Å²) in [6, 6.07) is 5.48. The number of carbonyl (C=O) groups excluding carboxylic acids is 1. The van der Waals surface area contributed by atoms with Crippen molar-refractivity contribution in [2.45, 2.75) is 33.7 Å². The van der Waals surface area contributed by atoms with Crippen LogP contribution in [-0.4, -0.2) is 23.9 Å². The molecule has 0 fully saturated rings. The molecule has 0 spiro atoms. The summed E-state index contributed by atoms with van der Waals surface area (Å²) in [5.74, 6) is -0.0394. The van der Waals surface area contributed by atoms with Gasteiger partial charge in [0.1, 0.15) is 0 Å². The molecule has 1 unspecified atom stereocenters. The van der Waals surface area contributed by atoms with Gasteiger partial charge in [0.05, 0.1) is 5.56 Å². The third-order valence-corrected chi connectivity index (χ3v) is 3.89. The van der Waals surface area contributed by atoms with Crippen LogP contribution in [0.4, 0.5) is 5.69 Å². The average molecular weight is 313 g/mol. The van der Waals surface area contributed by atoms with E-state index in [1.807, 2.05) is 20.0 Å². The van der Waals surface area contributed by atoms with Crippen molar-refractivity contribution in [1.29, 1.82) is 0 Å². The molecule has 0 heterocycles. The molecule has 4 heteroatoms. The van der Waals surface area contributed by atoms with Gasteiger partial charge in [-0.2, -0.15) is 0 Å². The Kier molecular flexibility index (Phi) is 4.43. The number of nitrogen functional groups attached to an aromatic ring is 1. The Hall–Kier alpha value is -1.03. The zero-order valence-electron chi connectivity index (χ0n) is 11.6. The van der Waals surface area contributed by atoms with Gasteiger partial charge in [0.25, 0.3) is 5.91 Å². The van der Waals surface area contributed by atoms with Crippen molar-refractivity contribution < 1.29 is 4.79 Å². The fourth-order valence-corrected chi connectivity index (χ4v) is 2.05. The van der Waals surface area contributed by atoms with Crippen LogP contribution in [0.2, 0.25) is 0 Å². The topological polar surface area (TPSA) is 46.3 Å². The van der Waals surface area contributed by atoms with Crippen LogP contribution in [-0.2, 0) is 0 Å². The maximum Gasteiger partial charge on any atom is 0.255 e. The highest BCUT2D eigenvalue weighted by atomic mass is 79.9. The SMILES string of the molecule is CC(N(C)C(=O)c1ccc(Br)cc1N)C(C)(C)C. The van der Waals surface area contributed by atoms with E-state index in [9.17, 15) is 4.79 Å². The molecule has 0 aromatic heterocycles. The zero-order chi connectivity index (χ0) is 14.1. The van der Waals surface area contributed by atoms with E-state index in [0.29, 0.717) is 11.3 Å². The quantitative estimate of drug-likeness (QED) is 0.849. The monoisotopic (exact) mass is 312 g/mol. The molecule has 1 aromatic rings. The summed E-state index contributed by atoms with van der Waals surface area (Å²) in [6.07, 6.45) is 0. The van der Waals surface area contributed by atoms with Crippen LogP contribution in [0.3, 0.4) is 0 Å². The third-order valence-electron chi connectivity index (χ3n) is 3.40. The molecule has 18 heavy (non-hydrogen) atoms. The van der Waals surface area contributed by atoms with Crippen LogP contribution in [0.1, 0.15) is 38.1 Å². The Labute approximate surface area is 117 Å². The lowest BCUT2D eigenvalue weighted by atomic mass is 9.87. The van der Waals surface area contributed by atoms with E-state index >= 15 is 0 Å². The smallest absolute Gasteiger partial charge is 0.255 e. The Balaban J connectivity index is 3.00. The molecule has 1 atom stereocenters. The van der Waals surface area contributed by atoms with E-state index in [0.717, 1.165) is 4.47 Å². The predicted octanol–water partition coefficient (Wildman–Crippen LogP) is 3.54. The minimum atomic E-state index is -0.0394. The van der Waals surface area contributed by atoms with Crippen molar-refractivity contribution in [3.63, 3.8) is 0 Å².